The highest BCUT2D eigenvalue weighted by molar-refractivity contribution is 5.94. The van der Waals surface area contributed by atoms with Gasteiger partial charge in [0.15, 0.2) is 12.3 Å². The Morgan fingerprint density at radius 2 is 1.75 bits per heavy atom. The van der Waals surface area contributed by atoms with E-state index in [9.17, 15) is 4.79 Å². The minimum Gasteiger partial charge on any atom is -0.484 e. The molecule has 0 aliphatic carbocycles. The molecule has 1 heterocycles. The van der Waals surface area contributed by atoms with Gasteiger partial charge in [0, 0.05) is 5.56 Å². The molecule has 0 spiro atoms. The lowest BCUT2D eigenvalue weighted by atomic mass is 9.87. The molecule has 146 valence electrons. The van der Waals surface area contributed by atoms with E-state index in [0.29, 0.717) is 11.4 Å². The smallest absolute Gasteiger partial charge is 0.263 e. The minimum absolute atomic E-state index is 0.0700. The minimum atomic E-state index is -0.333. The number of carbonyl (C=O) groups is 1. The van der Waals surface area contributed by atoms with E-state index in [2.05, 4.69) is 36.4 Å². The zero-order valence-corrected chi connectivity index (χ0v) is 16.9. The van der Waals surface area contributed by atoms with Crippen molar-refractivity contribution in [2.75, 3.05) is 11.9 Å². The zero-order chi connectivity index (χ0) is 20.3. The second kappa shape index (κ2) is 7.84. The van der Waals surface area contributed by atoms with Crippen LogP contribution in [0.5, 0.6) is 5.75 Å². The number of anilines is 1. The first-order valence-corrected chi connectivity index (χ1v) is 9.17. The first kappa shape index (κ1) is 19.6. The summed E-state index contributed by atoms with van der Waals surface area (Å²) in [6.45, 7) is 10.4. The third kappa shape index (κ3) is 4.57. The molecule has 2 aromatic carbocycles. The Balaban J connectivity index is 1.63. The fourth-order valence-electron chi connectivity index (χ4n) is 2.72. The number of aromatic nitrogens is 2. The van der Waals surface area contributed by atoms with Crippen molar-refractivity contribution < 1.29 is 14.2 Å². The van der Waals surface area contributed by atoms with Crippen LogP contribution >= 0.6 is 0 Å². The largest absolute Gasteiger partial charge is 0.484 e. The number of nitrogens with one attached hydrogen (secondary N) is 1. The molecule has 0 fully saturated rings. The van der Waals surface area contributed by atoms with Gasteiger partial charge in [-0.05, 0) is 64.5 Å². The van der Waals surface area contributed by atoms with Gasteiger partial charge >= 0.3 is 0 Å². The highest BCUT2D eigenvalue weighted by Crippen LogP contribution is 2.26. The summed E-state index contributed by atoms with van der Waals surface area (Å²) in [6, 6.07) is 13.6. The maximum atomic E-state index is 12.3. The van der Waals surface area contributed by atoms with Gasteiger partial charge in [-0.15, -0.1) is 0 Å². The SMILES string of the molecule is Cc1ccc(-c2nonc2NC(=O)COc2ccc(C(C)(C)C)cc2)cc1C. The van der Waals surface area contributed by atoms with Crippen molar-refractivity contribution in [2.45, 2.75) is 40.0 Å². The Morgan fingerprint density at radius 3 is 2.39 bits per heavy atom. The predicted octanol–water partition coefficient (Wildman–Crippen LogP) is 4.67. The van der Waals surface area contributed by atoms with Gasteiger partial charge in [-0.2, -0.15) is 0 Å². The van der Waals surface area contributed by atoms with Crippen molar-refractivity contribution in [3.8, 4) is 17.0 Å². The summed E-state index contributed by atoms with van der Waals surface area (Å²) in [5.74, 6) is 0.580. The lowest BCUT2D eigenvalue weighted by Gasteiger charge is -2.19. The second-order valence-electron chi connectivity index (χ2n) is 7.87. The number of rotatable bonds is 5. The van der Waals surface area contributed by atoms with E-state index in [4.69, 9.17) is 9.37 Å². The molecule has 0 saturated heterocycles. The van der Waals surface area contributed by atoms with Gasteiger partial charge < -0.3 is 10.1 Å². The Morgan fingerprint density at radius 1 is 1.04 bits per heavy atom. The summed E-state index contributed by atoms with van der Waals surface area (Å²) in [6.07, 6.45) is 0. The van der Waals surface area contributed by atoms with Crippen LogP contribution in [0.15, 0.2) is 47.1 Å². The summed E-state index contributed by atoms with van der Waals surface area (Å²) >= 11 is 0. The van der Waals surface area contributed by atoms with Gasteiger partial charge in [0.2, 0.25) is 5.82 Å². The highest BCUT2D eigenvalue weighted by Gasteiger charge is 2.16. The standard InChI is InChI=1S/C22H25N3O3/c1-14-6-7-16(12-15(14)2)20-21(25-28-24-20)23-19(26)13-27-18-10-8-17(9-11-18)22(3,4)5/h6-12H,13H2,1-5H3,(H,23,25,26). The van der Waals surface area contributed by atoms with E-state index >= 15 is 0 Å². The normalized spacial score (nSPS) is 11.3. The van der Waals surface area contributed by atoms with Crippen LogP contribution in [-0.4, -0.2) is 22.8 Å². The molecule has 1 amide bonds. The summed E-state index contributed by atoms with van der Waals surface area (Å²) in [5, 5.41) is 10.4. The predicted molar refractivity (Wildman–Crippen MR) is 108 cm³/mol. The number of aryl methyl sites for hydroxylation is 2. The Bertz CT molecular complexity index is 969. The fraction of sp³-hybridized carbons (Fsp3) is 0.318. The van der Waals surface area contributed by atoms with E-state index < -0.39 is 0 Å². The van der Waals surface area contributed by atoms with Crippen molar-refractivity contribution in [1.82, 2.24) is 10.3 Å². The van der Waals surface area contributed by atoms with E-state index in [1.807, 2.05) is 56.3 Å². The summed E-state index contributed by atoms with van der Waals surface area (Å²) < 4.78 is 10.4. The average molecular weight is 379 g/mol. The van der Waals surface area contributed by atoms with Crippen LogP contribution in [0, 0.1) is 13.8 Å². The first-order valence-electron chi connectivity index (χ1n) is 9.17. The quantitative estimate of drug-likeness (QED) is 0.697. The Kier molecular flexibility index (Phi) is 5.49. The molecule has 1 N–H and O–H groups in total. The molecule has 1 aromatic heterocycles. The molecule has 0 aliphatic rings. The number of amides is 1. The molecule has 6 heteroatoms. The van der Waals surface area contributed by atoms with Crippen LogP contribution in [0.2, 0.25) is 0 Å². The van der Waals surface area contributed by atoms with Crippen LogP contribution in [0.1, 0.15) is 37.5 Å². The van der Waals surface area contributed by atoms with Crippen LogP contribution in [-0.2, 0) is 10.2 Å². The van der Waals surface area contributed by atoms with E-state index in [0.717, 1.165) is 11.1 Å². The van der Waals surface area contributed by atoms with Gasteiger partial charge in [-0.3, -0.25) is 4.79 Å². The van der Waals surface area contributed by atoms with Gasteiger partial charge in [0.05, 0.1) is 0 Å². The third-order valence-electron chi connectivity index (χ3n) is 4.62. The number of benzene rings is 2. The highest BCUT2D eigenvalue weighted by atomic mass is 16.6. The van der Waals surface area contributed by atoms with Crippen LogP contribution in [0.25, 0.3) is 11.3 Å². The molecule has 3 rings (SSSR count). The number of hydrogen-bond donors (Lipinski definition) is 1. The van der Waals surface area contributed by atoms with E-state index in [-0.39, 0.29) is 23.7 Å². The van der Waals surface area contributed by atoms with Crippen molar-refractivity contribution in [3.05, 3.63) is 59.2 Å². The van der Waals surface area contributed by atoms with E-state index in [1.54, 1.807) is 0 Å². The first-order chi connectivity index (χ1) is 13.2. The summed E-state index contributed by atoms with van der Waals surface area (Å²) in [7, 11) is 0. The third-order valence-corrected chi connectivity index (χ3v) is 4.62. The number of carbonyl (C=O) groups excluding carboxylic acids is 1. The topological polar surface area (TPSA) is 77.3 Å². The van der Waals surface area contributed by atoms with Gasteiger partial charge in [0.25, 0.3) is 5.91 Å². The maximum absolute atomic E-state index is 12.3. The molecule has 0 aliphatic heterocycles. The number of nitrogens with zero attached hydrogens (tertiary/aromatic N) is 2. The van der Waals surface area contributed by atoms with E-state index in [1.165, 1.54) is 11.1 Å². The Hall–Kier alpha value is -3.15. The van der Waals surface area contributed by atoms with Crippen molar-refractivity contribution in [1.29, 1.82) is 0 Å². The monoisotopic (exact) mass is 379 g/mol. The molecule has 0 atom stereocenters. The molecular weight excluding hydrogens is 354 g/mol. The molecule has 6 nitrogen and oxygen atoms in total. The molecule has 0 saturated carbocycles. The zero-order valence-electron chi connectivity index (χ0n) is 16.9. The Labute approximate surface area is 164 Å². The molecular formula is C22H25N3O3. The maximum Gasteiger partial charge on any atom is 0.263 e. The van der Waals surface area contributed by atoms with Gasteiger partial charge in [-0.1, -0.05) is 45.0 Å². The van der Waals surface area contributed by atoms with Crippen molar-refractivity contribution in [3.63, 3.8) is 0 Å². The number of ether oxygens (including phenoxy) is 1. The molecule has 0 radical (unpaired) electrons. The van der Waals surface area contributed by atoms with Gasteiger partial charge in [0.1, 0.15) is 5.75 Å². The van der Waals surface area contributed by atoms with Crippen LogP contribution in [0.3, 0.4) is 0 Å². The molecule has 3 aromatic rings. The summed E-state index contributed by atoms with van der Waals surface area (Å²) in [5.41, 5.74) is 4.90. The lowest BCUT2D eigenvalue weighted by molar-refractivity contribution is -0.118. The summed E-state index contributed by atoms with van der Waals surface area (Å²) in [4.78, 5) is 12.3. The van der Waals surface area contributed by atoms with Gasteiger partial charge in [-0.25, -0.2) is 4.63 Å². The van der Waals surface area contributed by atoms with Crippen LogP contribution in [0.4, 0.5) is 5.82 Å². The molecule has 0 unspecified atom stereocenters. The second-order valence-corrected chi connectivity index (χ2v) is 7.87. The van der Waals surface area contributed by atoms with Crippen molar-refractivity contribution >= 4 is 11.7 Å². The number of hydrogen-bond acceptors (Lipinski definition) is 5. The lowest BCUT2D eigenvalue weighted by Crippen LogP contribution is -2.20. The average Bonchev–Trinajstić information content (AvgIpc) is 3.10. The molecule has 28 heavy (non-hydrogen) atoms. The fourth-order valence-corrected chi connectivity index (χ4v) is 2.72. The molecule has 0 bridgehead atoms. The van der Waals surface area contributed by atoms with Crippen LogP contribution < -0.4 is 10.1 Å². The van der Waals surface area contributed by atoms with Crippen molar-refractivity contribution in [2.24, 2.45) is 0 Å².